The van der Waals surface area contributed by atoms with Crippen LogP contribution >= 0.6 is 11.6 Å². The minimum atomic E-state index is -0.705. The van der Waals surface area contributed by atoms with Crippen molar-refractivity contribution >= 4 is 29.6 Å². The van der Waals surface area contributed by atoms with Crippen LogP contribution in [0.15, 0.2) is 41.6 Å². The van der Waals surface area contributed by atoms with Gasteiger partial charge in [-0.05, 0) is 17.4 Å². The first-order valence-electron chi connectivity index (χ1n) is 8.46. The second-order valence-electron chi connectivity index (χ2n) is 7.10. The van der Waals surface area contributed by atoms with Crippen LogP contribution in [-0.2, 0) is 20.7 Å². The lowest BCUT2D eigenvalue weighted by Gasteiger charge is -2.33. The molecule has 27 heavy (non-hydrogen) atoms. The number of alkyl carbamates (subject to hydrolysis) is 1. The van der Waals surface area contributed by atoms with E-state index in [1.165, 1.54) is 7.11 Å². The fraction of sp³-hybridized carbons (Fsp3) is 0.450. The van der Waals surface area contributed by atoms with Crippen LogP contribution in [0.25, 0.3) is 0 Å². The van der Waals surface area contributed by atoms with Crippen LogP contribution in [0.3, 0.4) is 0 Å². The molecule has 0 aliphatic carbocycles. The first-order chi connectivity index (χ1) is 12.8. The van der Waals surface area contributed by atoms with Crippen molar-refractivity contribution in [1.82, 2.24) is 10.6 Å². The lowest BCUT2D eigenvalue weighted by molar-refractivity contribution is 0.157. The van der Waals surface area contributed by atoms with Crippen LogP contribution in [0, 0.1) is 5.41 Å². The Labute approximate surface area is 164 Å². The molecule has 0 heterocycles. The van der Waals surface area contributed by atoms with E-state index in [2.05, 4.69) is 15.4 Å². The van der Waals surface area contributed by atoms with Gasteiger partial charge in [-0.3, -0.25) is 0 Å². The van der Waals surface area contributed by atoms with E-state index in [1.54, 1.807) is 0 Å². The summed E-state index contributed by atoms with van der Waals surface area (Å²) in [7, 11) is 1.24. The molecule has 0 spiro atoms. The van der Waals surface area contributed by atoms with Crippen molar-refractivity contribution in [2.75, 3.05) is 13.0 Å². The summed E-state index contributed by atoms with van der Waals surface area (Å²) in [6.45, 7) is 5.57. The van der Waals surface area contributed by atoms with E-state index >= 15 is 0 Å². The lowest BCUT2D eigenvalue weighted by atomic mass is 9.84. The SMILES string of the molecule is COC(=O)N[C@H](C(=C=O)N[C@@H](Cc1ccccc1)C(=C=O)CCl)C(C)(C)C. The van der Waals surface area contributed by atoms with Crippen molar-refractivity contribution in [2.45, 2.75) is 39.3 Å². The molecule has 7 heteroatoms. The number of benzene rings is 1. The van der Waals surface area contributed by atoms with Gasteiger partial charge in [0.1, 0.15) is 17.6 Å². The Balaban J connectivity index is 3.19. The standard InChI is InChI=1S/C20H25ClN2O4/c1-20(2,3)18(23-19(26)27-4)17(13-25)22-16(15(11-21)12-24)10-14-8-6-5-7-9-14/h5-9,16,18,22H,10-11H2,1-4H3,(H,23,26)/t16-,18+/m0/s1. The van der Waals surface area contributed by atoms with E-state index in [0.29, 0.717) is 6.42 Å². The maximum Gasteiger partial charge on any atom is 0.407 e. The molecule has 1 aromatic rings. The van der Waals surface area contributed by atoms with Gasteiger partial charge in [0.25, 0.3) is 0 Å². The highest BCUT2D eigenvalue weighted by Crippen LogP contribution is 2.24. The third-order valence-corrected chi connectivity index (χ3v) is 4.31. The van der Waals surface area contributed by atoms with Gasteiger partial charge in [-0.1, -0.05) is 51.1 Å². The average molecular weight is 393 g/mol. The second-order valence-corrected chi connectivity index (χ2v) is 7.37. The second kappa shape index (κ2) is 10.6. The molecule has 0 saturated carbocycles. The third kappa shape index (κ3) is 6.95. The van der Waals surface area contributed by atoms with Gasteiger partial charge < -0.3 is 15.4 Å². The number of nitrogens with one attached hydrogen (secondary N) is 2. The number of hydrogen-bond acceptors (Lipinski definition) is 5. The minimum absolute atomic E-state index is 0.0370. The molecule has 0 fully saturated rings. The van der Waals surface area contributed by atoms with Crippen LogP contribution in [0.2, 0.25) is 0 Å². The van der Waals surface area contributed by atoms with Crippen molar-refractivity contribution in [2.24, 2.45) is 5.41 Å². The van der Waals surface area contributed by atoms with E-state index in [1.807, 2.05) is 63.0 Å². The van der Waals surface area contributed by atoms with Crippen LogP contribution in [-0.4, -0.2) is 43.0 Å². The third-order valence-electron chi connectivity index (χ3n) is 4.02. The van der Waals surface area contributed by atoms with Gasteiger partial charge in [-0.25, -0.2) is 14.4 Å². The molecular weight excluding hydrogens is 368 g/mol. The van der Waals surface area contributed by atoms with Crippen molar-refractivity contribution in [3.63, 3.8) is 0 Å². The number of halogens is 1. The molecule has 0 bridgehead atoms. The van der Waals surface area contributed by atoms with Gasteiger partial charge in [-0.2, -0.15) is 0 Å². The first kappa shape index (κ1) is 22.5. The summed E-state index contributed by atoms with van der Waals surface area (Å²) in [4.78, 5) is 34.8. The number of rotatable bonds is 8. The van der Waals surface area contributed by atoms with E-state index in [0.717, 1.165) is 5.56 Å². The number of hydrogen-bond donors (Lipinski definition) is 2. The van der Waals surface area contributed by atoms with E-state index in [-0.39, 0.29) is 17.2 Å². The highest BCUT2D eigenvalue weighted by molar-refractivity contribution is 6.20. The quantitative estimate of drug-likeness (QED) is 0.525. The van der Waals surface area contributed by atoms with Gasteiger partial charge in [0, 0.05) is 0 Å². The molecule has 0 radical (unpaired) electrons. The van der Waals surface area contributed by atoms with E-state index in [4.69, 9.17) is 11.6 Å². The molecule has 0 aliphatic rings. The normalized spacial score (nSPS) is 12.8. The summed E-state index contributed by atoms with van der Waals surface area (Å²) in [5.74, 6) is 3.67. The summed E-state index contributed by atoms with van der Waals surface area (Å²) in [5.41, 5.74) is 0.814. The van der Waals surface area contributed by atoms with Gasteiger partial charge in [-0.15, -0.1) is 11.6 Å². The van der Waals surface area contributed by atoms with E-state index < -0.39 is 23.6 Å². The van der Waals surface area contributed by atoms with Crippen LogP contribution in [0.4, 0.5) is 4.79 Å². The zero-order chi connectivity index (χ0) is 20.4. The predicted molar refractivity (Wildman–Crippen MR) is 105 cm³/mol. The Kier molecular flexibility index (Phi) is 8.83. The van der Waals surface area contributed by atoms with Gasteiger partial charge in [0.05, 0.1) is 30.6 Å². The summed E-state index contributed by atoms with van der Waals surface area (Å²) < 4.78 is 4.65. The molecular formula is C20H25ClN2O4. The number of amides is 1. The molecule has 0 saturated heterocycles. The van der Waals surface area contributed by atoms with Gasteiger partial charge in [0.2, 0.25) is 0 Å². The summed E-state index contributed by atoms with van der Waals surface area (Å²) in [6, 6.07) is 8.19. The Morgan fingerprint density at radius 3 is 2.22 bits per heavy atom. The number of carbonyl (C=O) groups is 1. The summed E-state index contributed by atoms with van der Waals surface area (Å²) >= 11 is 5.89. The smallest absolute Gasteiger partial charge is 0.407 e. The van der Waals surface area contributed by atoms with Gasteiger partial charge in [0.15, 0.2) is 0 Å². The largest absolute Gasteiger partial charge is 0.453 e. The molecule has 0 aromatic heterocycles. The number of alkyl halides is 1. The molecule has 146 valence electrons. The molecule has 1 amide bonds. The van der Waals surface area contributed by atoms with Crippen LogP contribution in [0.1, 0.15) is 26.3 Å². The molecule has 0 unspecified atom stereocenters. The van der Waals surface area contributed by atoms with Crippen LogP contribution in [0.5, 0.6) is 0 Å². The minimum Gasteiger partial charge on any atom is -0.453 e. The topological polar surface area (TPSA) is 84.5 Å². The highest BCUT2D eigenvalue weighted by Gasteiger charge is 2.33. The zero-order valence-corrected chi connectivity index (χ0v) is 16.7. The Morgan fingerprint density at radius 1 is 1.15 bits per heavy atom. The van der Waals surface area contributed by atoms with Crippen molar-refractivity contribution < 1.29 is 19.1 Å². The maximum atomic E-state index is 11.7. The molecule has 2 atom stereocenters. The molecule has 6 nitrogen and oxygen atoms in total. The monoisotopic (exact) mass is 392 g/mol. The van der Waals surface area contributed by atoms with Crippen molar-refractivity contribution in [3.05, 3.63) is 47.2 Å². The summed E-state index contributed by atoms with van der Waals surface area (Å²) in [5, 5.41) is 5.67. The first-order valence-corrected chi connectivity index (χ1v) is 9.00. The molecule has 1 aromatic carbocycles. The average Bonchev–Trinajstić information content (AvgIpc) is 2.64. The zero-order valence-electron chi connectivity index (χ0n) is 16.0. The predicted octanol–water partition coefficient (Wildman–Crippen LogP) is 2.67. The number of carbonyl (C=O) groups excluding carboxylic acids is 3. The molecule has 1 rings (SSSR count). The lowest BCUT2D eigenvalue weighted by Crippen LogP contribution is -2.50. The Hall–Kier alpha value is -2.52. The van der Waals surface area contributed by atoms with Crippen molar-refractivity contribution in [1.29, 1.82) is 0 Å². The maximum absolute atomic E-state index is 11.7. The Bertz CT molecular complexity index is 730. The molecule has 0 aliphatic heterocycles. The Morgan fingerprint density at radius 2 is 1.78 bits per heavy atom. The summed E-state index contributed by atoms with van der Waals surface area (Å²) in [6.07, 6.45) is -0.258. The highest BCUT2D eigenvalue weighted by atomic mass is 35.5. The fourth-order valence-corrected chi connectivity index (χ4v) is 2.80. The molecule has 2 N–H and O–H groups in total. The van der Waals surface area contributed by atoms with Gasteiger partial charge >= 0.3 is 6.09 Å². The number of methoxy groups -OCH3 is 1. The number of ether oxygens (including phenoxy) is 1. The van der Waals surface area contributed by atoms with E-state index in [9.17, 15) is 14.4 Å². The van der Waals surface area contributed by atoms with Crippen molar-refractivity contribution in [3.8, 4) is 0 Å². The van der Waals surface area contributed by atoms with Crippen LogP contribution < -0.4 is 10.6 Å². The fourth-order valence-electron chi connectivity index (χ4n) is 2.56.